The second kappa shape index (κ2) is 6.64. The fourth-order valence-electron chi connectivity index (χ4n) is 4.60. The van der Waals surface area contributed by atoms with E-state index in [1.807, 2.05) is 0 Å². The van der Waals surface area contributed by atoms with Crippen molar-refractivity contribution in [2.75, 3.05) is 13.1 Å². The van der Waals surface area contributed by atoms with Gasteiger partial charge in [0, 0.05) is 25.6 Å². The number of likely N-dealkylation sites (tertiary alicyclic amines) is 1. The molecule has 1 atom stereocenters. The highest BCUT2D eigenvalue weighted by Gasteiger charge is 2.32. The normalized spacial score (nSPS) is 25.8. The maximum absolute atomic E-state index is 12.5. The Morgan fingerprint density at radius 2 is 2.08 bits per heavy atom. The molecule has 25 heavy (non-hydrogen) atoms. The first kappa shape index (κ1) is 16.9. The Hall–Kier alpha value is -1.55. The van der Waals surface area contributed by atoms with E-state index in [0.29, 0.717) is 6.04 Å². The van der Waals surface area contributed by atoms with Crippen molar-refractivity contribution in [1.82, 2.24) is 10.2 Å². The van der Waals surface area contributed by atoms with E-state index in [1.54, 1.807) is 0 Å². The molecule has 0 aromatic heterocycles. The molecule has 0 bridgehead atoms. The Balaban J connectivity index is 1.32. The van der Waals surface area contributed by atoms with Gasteiger partial charge in [-0.3, -0.25) is 9.69 Å². The summed E-state index contributed by atoms with van der Waals surface area (Å²) >= 11 is 0. The molecule has 1 amide bonds. The van der Waals surface area contributed by atoms with Crippen LogP contribution in [-0.2, 0) is 17.8 Å². The molecule has 1 N–H and O–H groups in total. The van der Waals surface area contributed by atoms with E-state index < -0.39 is 0 Å². The number of carbonyl (C=O) groups excluding carboxylic acids is 1. The number of hydrogen-bond donors (Lipinski definition) is 1. The van der Waals surface area contributed by atoms with Gasteiger partial charge in [-0.2, -0.15) is 0 Å². The second-order valence-electron chi connectivity index (χ2n) is 8.69. The van der Waals surface area contributed by atoms with Crippen molar-refractivity contribution < 1.29 is 9.53 Å². The molecule has 0 spiro atoms. The lowest BCUT2D eigenvalue weighted by Crippen LogP contribution is -2.38. The van der Waals surface area contributed by atoms with Crippen molar-refractivity contribution in [3.8, 4) is 5.75 Å². The lowest BCUT2D eigenvalue weighted by Gasteiger charge is -2.18. The maximum atomic E-state index is 12.5. The number of amides is 1. The van der Waals surface area contributed by atoms with E-state index in [2.05, 4.69) is 42.3 Å². The van der Waals surface area contributed by atoms with Crippen LogP contribution in [0.4, 0.5) is 0 Å². The minimum Gasteiger partial charge on any atom is -0.487 e. The number of carbonyl (C=O) groups is 1. The van der Waals surface area contributed by atoms with Gasteiger partial charge in [-0.05, 0) is 56.8 Å². The molecule has 1 unspecified atom stereocenters. The van der Waals surface area contributed by atoms with Crippen LogP contribution in [0.3, 0.4) is 0 Å². The number of nitrogens with zero attached hydrogens (tertiary/aromatic N) is 1. The number of ether oxygens (including phenoxy) is 1. The van der Waals surface area contributed by atoms with Crippen LogP contribution in [0.15, 0.2) is 18.2 Å². The van der Waals surface area contributed by atoms with E-state index in [1.165, 1.54) is 24.0 Å². The van der Waals surface area contributed by atoms with Crippen LogP contribution in [0, 0.1) is 5.92 Å². The number of benzene rings is 1. The SMILES string of the molecule is CC1(C)Cc2cc(CN3CCC(C(=O)NC4CCCC4)C3)ccc2O1. The fourth-order valence-corrected chi connectivity index (χ4v) is 4.60. The summed E-state index contributed by atoms with van der Waals surface area (Å²) in [6, 6.07) is 7.00. The molecule has 2 fully saturated rings. The molecule has 0 radical (unpaired) electrons. The Morgan fingerprint density at radius 1 is 1.28 bits per heavy atom. The monoisotopic (exact) mass is 342 g/mol. The van der Waals surface area contributed by atoms with Crippen molar-refractivity contribution in [1.29, 1.82) is 0 Å². The summed E-state index contributed by atoms with van der Waals surface area (Å²) in [7, 11) is 0. The highest BCUT2D eigenvalue weighted by molar-refractivity contribution is 5.79. The molecule has 1 aliphatic carbocycles. The highest BCUT2D eigenvalue weighted by Crippen LogP contribution is 2.35. The number of hydrogen-bond acceptors (Lipinski definition) is 3. The number of nitrogens with one attached hydrogen (secondary N) is 1. The average molecular weight is 342 g/mol. The lowest BCUT2D eigenvalue weighted by atomic mass is 10.00. The third kappa shape index (κ3) is 3.84. The second-order valence-corrected chi connectivity index (χ2v) is 8.69. The summed E-state index contributed by atoms with van der Waals surface area (Å²) in [6.45, 7) is 7.11. The molecule has 136 valence electrons. The molecular weight excluding hydrogens is 312 g/mol. The van der Waals surface area contributed by atoms with E-state index in [-0.39, 0.29) is 17.4 Å². The first-order chi connectivity index (χ1) is 12.0. The molecule has 4 heteroatoms. The summed E-state index contributed by atoms with van der Waals surface area (Å²) in [5.41, 5.74) is 2.56. The lowest BCUT2D eigenvalue weighted by molar-refractivity contribution is -0.125. The van der Waals surface area contributed by atoms with E-state index in [9.17, 15) is 4.79 Å². The van der Waals surface area contributed by atoms with Crippen LogP contribution in [-0.4, -0.2) is 35.5 Å². The van der Waals surface area contributed by atoms with Crippen LogP contribution >= 0.6 is 0 Å². The van der Waals surface area contributed by atoms with Gasteiger partial charge in [0.2, 0.25) is 5.91 Å². The van der Waals surface area contributed by atoms with Crippen LogP contribution in [0.25, 0.3) is 0 Å². The van der Waals surface area contributed by atoms with Crippen molar-refractivity contribution in [3.63, 3.8) is 0 Å². The van der Waals surface area contributed by atoms with E-state index in [4.69, 9.17) is 4.74 Å². The van der Waals surface area contributed by atoms with Crippen molar-refractivity contribution >= 4 is 5.91 Å². The quantitative estimate of drug-likeness (QED) is 0.913. The van der Waals surface area contributed by atoms with Gasteiger partial charge >= 0.3 is 0 Å². The predicted molar refractivity (Wildman–Crippen MR) is 98.6 cm³/mol. The summed E-state index contributed by atoms with van der Waals surface area (Å²) in [5, 5.41) is 3.27. The van der Waals surface area contributed by atoms with Gasteiger partial charge in [0.25, 0.3) is 0 Å². The van der Waals surface area contributed by atoms with Gasteiger partial charge in [-0.1, -0.05) is 25.0 Å². The minimum atomic E-state index is -0.0853. The number of fused-ring (bicyclic) bond motifs is 1. The maximum Gasteiger partial charge on any atom is 0.224 e. The van der Waals surface area contributed by atoms with Gasteiger partial charge < -0.3 is 10.1 Å². The molecule has 1 saturated heterocycles. The van der Waals surface area contributed by atoms with Crippen LogP contribution in [0.2, 0.25) is 0 Å². The fraction of sp³-hybridized carbons (Fsp3) is 0.667. The molecule has 2 heterocycles. The number of rotatable bonds is 4. The van der Waals surface area contributed by atoms with Crippen molar-refractivity contribution in [3.05, 3.63) is 29.3 Å². The van der Waals surface area contributed by atoms with Crippen molar-refractivity contribution in [2.24, 2.45) is 5.92 Å². The van der Waals surface area contributed by atoms with Gasteiger partial charge in [0.1, 0.15) is 11.4 Å². The van der Waals surface area contributed by atoms with E-state index >= 15 is 0 Å². The molecule has 2 aliphatic heterocycles. The molecule has 1 aromatic carbocycles. The van der Waals surface area contributed by atoms with Crippen LogP contribution in [0.5, 0.6) is 5.75 Å². The van der Waals surface area contributed by atoms with Crippen molar-refractivity contribution in [2.45, 2.75) is 70.6 Å². The standard InChI is InChI=1S/C21H30N2O2/c1-21(2)12-17-11-15(7-8-19(17)25-21)13-23-10-9-16(14-23)20(24)22-18-5-3-4-6-18/h7-8,11,16,18H,3-6,9-10,12-14H2,1-2H3,(H,22,24). The molecular formula is C21H30N2O2. The van der Waals surface area contributed by atoms with Crippen LogP contribution in [0.1, 0.15) is 57.1 Å². The predicted octanol–water partition coefficient (Wildman–Crippen LogP) is 3.28. The summed E-state index contributed by atoms with van der Waals surface area (Å²) in [5.74, 6) is 1.47. The molecule has 3 aliphatic rings. The molecule has 1 saturated carbocycles. The third-order valence-corrected chi connectivity index (χ3v) is 5.88. The zero-order chi connectivity index (χ0) is 17.4. The molecule has 4 nitrogen and oxygen atoms in total. The Labute approximate surface area is 150 Å². The Bertz CT molecular complexity index is 649. The topological polar surface area (TPSA) is 41.6 Å². The molecule has 1 aromatic rings. The van der Waals surface area contributed by atoms with Gasteiger partial charge in [0.05, 0.1) is 5.92 Å². The summed E-state index contributed by atoms with van der Waals surface area (Å²) < 4.78 is 5.96. The summed E-state index contributed by atoms with van der Waals surface area (Å²) in [6.07, 6.45) is 6.81. The first-order valence-corrected chi connectivity index (χ1v) is 9.82. The Kier molecular flexibility index (Phi) is 4.48. The smallest absolute Gasteiger partial charge is 0.224 e. The zero-order valence-electron chi connectivity index (χ0n) is 15.5. The minimum absolute atomic E-state index is 0.0853. The first-order valence-electron chi connectivity index (χ1n) is 9.82. The summed E-state index contributed by atoms with van der Waals surface area (Å²) in [4.78, 5) is 14.9. The van der Waals surface area contributed by atoms with E-state index in [0.717, 1.165) is 51.1 Å². The van der Waals surface area contributed by atoms with Gasteiger partial charge in [-0.15, -0.1) is 0 Å². The third-order valence-electron chi connectivity index (χ3n) is 5.88. The largest absolute Gasteiger partial charge is 0.487 e. The Morgan fingerprint density at radius 3 is 2.88 bits per heavy atom. The highest BCUT2D eigenvalue weighted by atomic mass is 16.5. The zero-order valence-corrected chi connectivity index (χ0v) is 15.5. The van der Waals surface area contributed by atoms with Gasteiger partial charge in [-0.25, -0.2) is 0 Å². The molecule has 4 rings (SSSR count). The van der Waals surface area contributed by atoms with Crippen LogP contribution < -0.4 is 10.1 Å². The average Bonchev–Trinajstić information content (AvgIpc) is 3.25. The van der Waals surface area contributed by atoms with Gasteiger partial charge in [0.15, 0.2) is 0 Å².